The topological polar surface area (TPSA) is 132 Å². The summed E-state index contributed by atoms with van der Waals surface area (Å²) in [5.41, 5.74) is 8.50. The predicted molar refractivity (Wildman–Crippen MR) is 19.2 cm³/mol. The van der Waals surface area contributed by atoms with Crippen molar-refractivity contribution in [1.29, 1.82) is 0 Å². The Morgan fingerprint density at radius 2 is 1.11 bits per heavy atom. The van der Waals surface area contributed by atoms with E-state index in [0.717, 1.165) is 0 Å². The zero-order valence-electron chi connectivity index (χ0n) is 4.49. The van der Waals surface area contributed by atoms with E-state index in [0.29, 0.717) is 0 Å². The van der Waals surface area contributed by atoms with Gasteiger partial charge in [0.05, 0.1) is 0 Å². The minimum absolute atomic E-state index is 0. The maximum atomic E-state index is 9.00. The molecule has 0 aliphatic carbocycles. The van der Waals surface area contributed by atoms with Gasteiger partial charge in [-0.15, -0.1) is 0 Å². The average molecular weight is 185 g/mol. The second-order valence-corrected chi connectivity index (χ2v) is 0.652. The molecule has 48 valence electrons. The number of amides is 2. The van der Waals surface area contributed by atoms with Gasteiger partial charge in [0, 0.05) is 0 Å². The molecule has 0 aromatic rings. The van der Waals surface area contributed by atoms with Crippen molar-refractivity contribution in [2.75, 3.05) is 0 Å². The Hall–Kier alpha value is -0.837. The van der Waals surface area contributed by atoms with Gasteiger partial charge in [-0.25, -0.2) is 4.79 Å². The zero-order chi connectivity index (χ0) is 7.15. The van der Waals surface area contributed by atoms with Crippen molar-refractivity contribution in [2.45, 2.75) is 0 Å². The van der Waals surface area contributed by atoms with Crippen LogP contribution in [0.4, 0.5) is 9.59 Å². The first-order valence-electron chi connectivity index (χ1n) is 1.39. The molecule has 9 heavy (non-hydrogen) atoms. The van der Waals surface area contributed by atoms with Crippen LogP contribution in [0.25, 0.3) is 0 Å². The minimum Gasteiger partial charge on any atom is -0.652 e. The van der Waals surface area contributed by atoms with Gasteiger partial charge in [-0.05, 0) is 6.16 Å². The van der Waals surface area contributed by atoms with E-state index in [-0.39, 0.29) is 19.5 Å². The van der Waals surface area contributed by atoms with Crippen LogP contribution >= 0.6 is 0 Å². The second kappa shape index (κ2) is 10.2. The number of hydrogen-bond donors (Lipinski definition) is 2. The molecule has 0 saturated carbocycles. The molecule has 0 atom stereocenters. The maximum Gasteiger partial charge on any atom is 2.00 e. The van der Waals surface area contributed by atoms with Crippen molar-refractivity contribution >= 4 is 12.2 Å². The van der Waals surface area contributed by atoms with Crippen LogP contribution in [0.1, 0.15) is 0 Å². The quantitative estimate of drug-likeness (QED) is 0.380. The van der Waals surface area contributed by atoms with Crippen LogP contribution < -0.4 is 21.7 Å². The van der Waals surface area contributed by atoms with Crippen LogP contribution in [0.5, 0.6) is 0 Å². The molecule has 0 aromatic carbocycles. The largest absolute Gasteiger partial charge is 2.00 e. The molecular weight excluding hydrogens is 181 g/mol. The summed E-state index contributed by atoms with van der Waals surface area (Å²) in [5.74, 6) is 0. The number of carboxylic acid groups (broad SMARTS) is 2. The molecule has 0 unspecified atom stereocenters. The third kappa shape index (κ3) is 273. The van der Waals surface area contributed by atoms with E-state index in [9.17, 15) is 0 Å². The molecule has 7 heteroatoms. The normalized spacial score (nSPS) is 5.33. The Morgan fingerprint density at radius 1 is 1.11 bits per heavy atom. The molecule has 0 heterocycles. The van der Waals surface area contributed by atoms with Crippen molar-refractivity contribution in [3.05, 3.63) is 0 Å². The van der Waals surface area contributed by atoms with E-state index in [1.165, 1.54) is 0 Å². The number of nitrogens with two attached hydrogens (primary N) is 2. The summed E-state index contributed by atoms with van der Waals surface area (Å²) in [4.78, 5) is 17.3. The fourth-order valence-corrected chi connectivity index (χ4v) is 0. The van der Waals surface area contributed by atoms with Crippen molar-refractivity contribution in [3.8, 4) is 0 Å². The first kappa shape index (κ1) is 15.7. The van der Waals surface area contributed by atoms with E-state index in [1.807, 2.05) is 0 Å². The third-order valence-electron chi connectivity index (χ3n) is 0. The molecule has 0 saturated heterocycles. The van der Waals surface area contributed by atoms with E-state index >= 15 is 0 Å². The standard InChI is InChI=1S/CH4N2O.CH2O3.Zn/c2*2-1(3)4;/h(H4,2,3,4);(H2,2,3,4);/q;;+2/p-2. The summed E-state index contributed by atoms with van der Waals surface area (Å²) in [6.07, 6.45) is -2.33. The molecule has 0 radical (unpaired) electrons. The van der Waals surface area contributed by atoms with Gasteiger partial charge in [0.2, 0.25) is 0 Å². The number of carbonyl (C=O) groups is 2. The number of urea groups is 1. The predicted octanol–water partition coefficient (Wildman–Crippen LogP) is -3.43. The number of carbonyl (C=O) groups excluding carboxylic acids is 2. The van der Waals surface area contributed by atoms with Gasteiger partial charge in [0.15, 0.2) is 0 Å². The average Bonchev–Trinajstić information content (AvgIpc) is 1.25. The van der Waals surface area contributed by atoms with Crippen molar-refractivity contribution in [3.63, 3.8) is 0 Å². The van der Waals surface area contributed by atoms with Gasteiger partial charge in [-0.1, -0.05) is 0 Å². The van der Waals surface area contributed by atoms with Gasteiger partial charge in [-0.3, -0.25) is 0 Å². The number of primary amides is 2. The number of hydrogen-bond acceptors (Lipinski definition) is 4. The molecule has 0 fully saturated rings. The minimum atomic E-state index is -2.33. The van der Waals surface area contributed by atoms with Crippen molar-refractivity contribution < 1.29 is 39.3 Å². The first-order chi connectivity index (χ1) is 3.46. The van der Waals surface area contributed by atoms with E-state index in [2.05, 4.69) is 11.5 Å². The van der Waals surface area contributed by atoms with Gasteiger partial charge < -0.3 is 26.5 Å². The van der Waals surface area contributed by atoms with Gasteiger partial charge in [0.1, 0.15) is 0 Å². The summed E-state index contributed by atoms with van der Waals surface area (Å²) in [7, 11) is 0. The fourth-order valence-electron chi connectivity index (χ4n) is 0. The third-order valence-corrected chi connectivity index (χ3v) is 0. The summed E-state index contributed by atoms with van der Waals surface area (Å²) in [6, 6.07) is -0.833. The fraction of sp³-hybridized carbons (Fsp3) is 0. The molecule has 0 aliphatic heterocycles. The van der Waals surface area contributed by atoms with Crippen LogP contribution in [0, 0.1) is 0 Å². The summed E-state index contributed by atoms with van der Waals surface area (Å²) in [5, 5.41) is 16.7. The molecule has 4 N–H and O–H groups in total. The summed E-state index contributed by atoms with van der Waals surface area (Å²) < 4.78 is 0. The molecule has 0 aliphatic rings. The zero-order valence-corrected chi connectivity index (χ0v) is 7.46. The molecule has 0 rings (SSSR count). The Kier molecular flexibility index (Phi) is 17.8. The Morgan fingerprint density at radius 3 is 1.11 bits per heavy atom. The van der Waals surface area contributed by atoms with Crippen LogP contribution in [-0.2, 0) is 19.5 Å². The van der Waals surface area contributed by atoms with Crippen LogP contribution in [0.3, 0.4) is 0 Å². The first-order valence-corrected chi connectivity index (χ1v) is 1.39. The molecule has 6 nitrogen and oxygen atoms in total. The van der Waals surface area contributed by atoms with Crippen LogP contribution in [0.2, 0.25) is 0 Å². The van der Waals surface area contributed by atoms with Gasteiger partial charge in [0.25, 0.3) is 0 Å². The Balaban J connectivity index is -0.0000000720. The SMILES string of the molecule is NC(N)=O.O=C([O-])[O-].[Zn+2]. The molecule has 0 aromatic heterocycles. The molecule has 0 spiro atoms. The van der Waals surface area contributed by atoms with Crippen LogP contribution in [0.15, 0.2) is 0 Å². The Bertz CT molecular complexity index is 74.6. The van der Waals surface area contributed by atoms with Crippen molar-refractivity contribution in [1.82, 2.24) is 0 Å². The smallest absolute Gasteiger partial charge is 0.652 e. The summed E-state index contributed by atoms with van der Waals surface area (Å²) >= 11 is 0. The van der Waals surface area contributed by atoms with E-state index < -0.39 is 12.2 Å². The summed E-state index contributed by atoms with van der Waals surface area (Å²) in [6.45, 7) is 0. The molecule has 2 amide bonds. The molecular formula is C2H4N2O4Zn. The second-order valence-electron chi connectivity index (χ2n) is 0.652. The van der Waals surface area contributed by atoms with Crippen LogP contribution in [-0.4, -0.2) is 12.2 Å². The van der Waals surface area contributed by atoms with Crippen molar-refractivity contribution in [2.24, 2.45) is 11.5 Å². The van der Waals surface area contributed by atoms with Gasteiger partial charge in [-0.2, -0.15) is 0 Å². The number of rotatable bonds is 0. The van der Waals surface area contributed by atoms with E-state index in [4.69, 9.17) is 19.8 Å². The molecule has 0 bridgehead atoms. The maximum absolute atomic E-state index is 9.00. The Labute approximate surface area is 63.6 Å². The van der Waals surface area contributed by atoms with Gasteiger partial charge >= 0.3 is 25.5 Å². The monoisotopic (exact) mass is 184 g/mol. The van der Waals surface area contributed by atoms with E-state index in [1.54, 1.807) is 0 Å².